The number of hydrogen-bond donors (Lipinski definition) is 2. The van der Waals surface area contributed by atoms with Crippen LogP contribution in [0.2, 0.25) is 0 Å². The molecule has 0 saturated carbocycles. The van der Waals surface area contributed by atoms with Crippen molar-refractivity contribution in [2.75, 3.05) is 66.7 Å². The van der Waals surface area contributed by atoms with Crippen molar-refractivity contribution in [1.82, 2.24) is 15.5 Å². The summed E-state index contributed by atoms with van der Waals surface area (Å²) in [6.07, 6.45) is 1.09. The van der Waals surface area contributed by atoms with Gasteiger partial charge in [0.25, 0.3) is 0 Å². The lowest BCUT2D eigenvalue weighted by atomic mass is 9.84. The number of nitrogens with one attached hydrogen (secondary N) is 2. The lowest BCUT2D eigenvalue weighted by molar-refractivity contribution is 0.0376. The van der Waals surface area contributed by atoms with E-state index in [0.717, 1.165) is 69.8 Å². The Balaban J connectivity index is 1.91. The molecule has 1 aromatic carbocycles. The first-order chi connectivity index (χ1) is 14.0. The van der Waals surface area contributed by atoms with Crippen molar-refractivity contribution in [2.45, 2.75) is 32.6 Å². The minimum absolute atomic E-state index is 0.129. The smallest absolute Gasteiger partial charge is 0.191 e. The third-order valence-electron chi connectivity index (χ3n) is 5.19. The van der Waals surface area contributed by atoms with Crippen LogP contribution in [0, 0.1) is 0 Å². The first-order valence-electron chi connectivity index (χ1n) is 10.5. The highest BCUT2D eigenvalue weighted by Crippen LogP contribution is 2.33. The fourth-order valence-corrected chi connectivity index (χ4v) is 3.30. The summed E-state index contributed by atoms with van der Waals surface area (Å²) in [6, 6.07) is 6.07. The van der Waals surface area contributed by atoms with E-state index in [0.29, 0.717) is 6.54 Å². The molecule has 1 heterocycles. The molecular weight excluding hydrogens is 368 g/mol. The summed E-state index contributed by atoms with van der Waals surface area (Å²) in [5.74, 6) is 2.35. The molecule has 1 aliphatic heterocycles. The second-order valence-corrected chi connectivity index (χ2v) is 7.88. The van der Waals surface area contributed by atoms with Gasteiger partial charge in [0, 0.05) is 31.6 Å². The fourth-order valence-electron chi connectivity index (χ4n) is 3.30. The monoisotopic (exact) mass is 406 g/mol. The van der Waals surface area contributed by atoms with Crippen molar-refractivity contribution in [3.8, 4) is 11.5 Å². The Morgan fingerprint density at radius 1 is 1.14 bits per heavy atom. The van der Waals surface area contributed by atoms with Gasteiger partial charge in [-0.15, -0.1) is 0 Å². The highest BCUT2D eigenvalue weighted by molar-refractivity contribution is 5.79. The summed E-state index contributed by atoms with van der Waals surface area (Å²) in [7, 11) is 3.32. The Hall–Kier alpha value is -1.99. The molecule has 1 aliphatic rings. The van der Waals surface area contributed by atoms with Gasteiger partial charge in [0.2, 0.25) is 0 Å². The third kappa shape index (κ3) is 7.40. The molecule has 2 rings (SSSR count). The quantitative estimate of drug-likeness (QED) is 0.353. The molecule has 0 bridgehead atoms. The number of hydrogen-bond acceptors (Lipinski definition) is 5. The van der Waals surface area contributed by atoms with Crippen molar-refractivity contribution in [3.05, 3.63) is 23.8 Å². The normalized spacial score (nSPS) is 15.8. The molecule has 1 aromatic rings. The Morgan fingerprint density at radius 3 is 2.52 bits per heavy atom. The molecule has 0 unspecified atom stereocenters. The van der Waals surface area contributed by atoms with Crippen molar-refractivity contribution in [2.24, 2.45) is 4.99 Å². The molecular formula is C22H38N4O3. The average Bonchev–Trinajstić information content (AvgIpc) is 2.75. The summed E-state index contributed by atoms with van der Waals surface area (Å²) < 4.78 is 16.2. The topological polar surface area (TPSA) is 67.4 Å². The molecule has 0 aromatic heterocycles. The molecule has 2 N–H and O–H groups in total. The lowest BCUT2D eigenvalue weighted by Crippen LogP contribution is -2.41. The van der Waals surface area contributed by atoms with Gasteiger partial charge in [0.15, 0.2) is 17.5 Å². The van der Waals surface area contributed by atoms with Crippen LogP contribution in [-0.4, -0.2) is 77.6 Å². The standard InChI is InChI=1S/C22H38N4O3/c1-6-23-21(24-10-7-11-26-12-14-29-15-13-26)25-17-22(2,3)18-8-9-19(27-4)20(16-18)28-5/h8-9,16H,6-7,10-15,17H2,1-5H3,(H2,23,24,25). The minimum atomic E-state index is -0.129. The first-order valence-corrected chi connectivity index (χ1v) is 10.5. The fraction of sp³-hybridized carbons (Fsp3) is 0.682. The van der Waals surface area contributed by atoms with E-state index in [9.17, 15) is 0 Å². The second kappa shape index (κ2) is 11.9. The third-order valence-corrected chi connectivity index (χ3v) is 5.19. The van der Waals surface area contributed by atoms with Gasteiger partial charge in [-0.25, -0.2) is 0 Å². The molecule has 7 heteroatoms. The number of ether oxygens (including phenoxy) is 3. The number of methoxy groups -OCH3 is 2. The number of aliphatic imine (C=N–C) groups is 1. The highest BCUT2D eigenvalue weighted by atomic mass is 16.5. The van der Waals surface area contributed by atoms with E-state index in [2.05, 4.69) is 42.4 Å². The van der Waals surface area contributed by atoms with Crippen molar-refractivity contribution in [1.29, 1.82) is 0 Å². The summed E-state index contributed by atoms with van der Waals surface area (Å²) in [6.45, 7) is 13.7. The van der Waals surface area contributed by atoms with E-state index in [1.165, 1.54) is 5.56 Å². The zero-order valence-electron chi connectivity index (χ0n) is 18.7. The van der Waals surface area contributed by atoms with Crippen LogP contribution in [0.4, 0.5) is 0 Å². The van der Waals surface area contributed by atoms with Gasteiger partial charge in [-0.1, -0.05) is 19.9 Å². The van der Waals surface area contributed by atoms with E-state index < -0.39 is 0 Å². The van der Waals surface area contributed by atoms with Crippen LogP contribution in [0.5, 0.6) is 11.5 Å². The average molecular weight is 407 g/mol. The van der Waals surface area contributed by atoms with E-state index in [1.54, 1.807) is 14.2 Å². The predicted molar refractivity (Wildman–Crippen MR) is 118 cm³/mol. The van der Waals surface area contributed by atoms with Gasteiger partial charge in [-0.05, 0) is 37.6 Å². The van der Waals surface area contributed by atoms with Crippen LogP contribution in [0.15, 0.2) is 23.2 Å². The summed E-state index contributed by atoms with van der Waals surface area (Å²) >= 11 is 0. The van der Waals surface area contributed by atoms with Gasteiger partial charge < -0.3 is 24.8 Å². The van der Waals surface area contributed by atoms with Gasteiger partial charge in [-0.3, -0.25) is 9.89 Å². The Bertz CT molecular complexity index is 643. The van der Waals surface area contributed by atoms with Crippen LogP contribution in [0.1, 0.15) is 32.8 Å². The maximum absolute atomic E-state index is 5.45. The van der Waals surface area contributed by atoms with Gasteiger partial charge in [-0.2, -0.15) is 0 Å². The molecule has 0 atom stereocenters. The molecule has 164 valence electrons. The molecule has 0 radical (unpaired) electrons. The van der Waals surface area contributed by atoms with Crippen LogP contribution in [-0.2, 0) is 10.2 Å². The number of benzene rings is 1. The molecule has 0 amide bonds. The Labute approximate surface area is 175 Å². The zero-order valence-corrected chi connectivity index (χ0v) is 18.7. The van der Waals surface area contributed by atoms with Crippen LogP contribution < -0.4 is 20.1 Å². The van der Waals surface area contributed by atoms with E-state index in [1.807, 2.05) is 12.1 Å². The number of morpholine rings is 1. The molecule has 0 spiro atoms. The molecule has 0 aliphatic carbocycles. The van der Waals surface area contributed by atoms with Gasteiger partial charge in [0.05, 0.1) is 34.0 Å². The minimum Gasteiger partial charge on any atom is -0.493 e. The zero-order chi connectivity index (χ0) is 21.1. The summed E-state index contributed by atoms with van der Waals surface area (Å²) in [5.41, 5.74) is 1.04. The van der Waals surface area contributed by atoms with Crippen LogP contribution in [0.3, 0.4) is 0 Å². The Morgan fingerprint density at radius 2 is 1.86 bits per heavy atom. The van der Waals surface area contributed by atoms with Gasteiger partial charge in [0.1, 0.15) is 0 Å². The number of guanidine groups is 1. The number of rotatable bonds is 10. The maximum atomic E-state index is 5.45. The first kappa shape index (κ1) is 23.3. The molecule has 29 heavy (non-hydrogen) atoms. The van der Waals surface area contributed by atoms with Crippen LogP contribution >= 0.6 is 0 Å². The molecule has 1 fully saturated rings. The van der Waals surface area contributed by atoms with E-state index >= 15 is 0 Å². The van der Waals surface area contributed by atoms with E-state index in [-0.39, 0.29) is 5.41 Å². The van der Waals surface area contributed by atoms with Crippen molar-refractivity contribution in [3.63, 3.8) is 0 Å². The maximum Gasteiger partial charge on any atom is 0.191 e. The highest BCUT2D eigenvalue weighted by Gasteiger charge is 2.22. The second-order valence-electron chi connectivity index (χ2n) is 7.88. The number of nitrogens with zero attached hydrogens (tertiary/aromatic N) is 2. The lowest BCUT2D eigenvalue weighted by Gasteiger charge is -2.26. The van der Waals surface area contributed by atoms with E-state index in [4.69, 9.17) is 19.2 Å². The Kier molecular flexibility index (Phi) is 9.54. The van der Waals surface area contributed by atoms with Crippen molar-refractivity contribution >= 4 is 5.96 Å². The summed E-state index contributed by atoms with van der Waals surface area (Å²) in [5, 5.41) is 6.81. The summed E-state index contributed by atoms with van der Waals surface area (Å²) in [4.78, 5) is 7.29. The van der Waals surface area contributed by atoms with Crippen LogP contribution in [0.25, 0.3) is 0 Å². The predicted octanol–water partition coefficient (Wildman–Crippen LogP) is 2.26. The SMILES string of the molecule is CCNC(=NCC(C)(C)c1ccc(OC)c(OC)c1)NCCCN1CCOCC1. The largest absolute Gasteiger partial charge is 0.493 e. The molecule has 7 nitrogen and oxygen atoms in total. The molecule has 1 saturated heterocycles. The van der Waals surface area contributed by atoms with Crippen molar-refractivity contribution < 1.29 is 14.2 Å². The van der Waals surface area contributed by atoms with Gasteiger partial charge >= 0.3 is 0 Å².